The van der Waals surface area contributed by atoms with Crippen LogP contribution in [0, 0.1) is 17.8 Å². The fourth-order valence-electron chi connectivity index (χ4n) is 3.33. The number of anilines is 2. The number of aldehydes is 1. The maximum atomic E-state index is 11.6. The van der Waals surface area contributed by atoms with Gasteiger partial charge in [0.05, 0.1) is 17.4 Å². The van der Waals surface area contributed by atoms with Crippen LogP contribution < -0.4 is 20.4 Å². The van der Waals surface area contributed by atoms with Crippen molar-refractivity contribution in [2.45, 2.75) is 31.7 Å². The molecule has 0 bridgehead atoms. The number of nitrogens with zero attached hydrogens (tertiary/aromatic N) is 2. The van der Waals surface area contributed by atoms with Gasteiger partial charge in [-0.3, -0.25) is 9.59 Å². The van der Waals surface area contributed by atoms with Gasteiger partial charge in [-0.15, -0.1) is 0 Å². The molecule has 1 aromatic carbocycles. The predicted molar refractivity (Wildman–Crippen MR) is 115 cm³/mol. The summed E-state index contributed by atoms with van der Waals surface area (Å²) in [5.74, 6) is 6.83. The molecule has 0 radical (unpaired) electrons. The molecule has 1 fully saturated rings. The molecule has 7 heteroatoms. The van der Waals surface area contributed by atoms with E-state index in [4.69, 9.17) is 0 Å². The Kier molecular flexibility index (Phi) is 8.68. The summed E-state index contributed by atoms with van der Waals surface area (Å²) in [6.07, 6.45) is 4.29. The van der Waals surface area contributed by atoms with E-state index >= 15 is 0 Å². The SMILES string of the molecule is CNC(=O)CCC(C=O)N(C)c1ccc(C#CC2CCNCC2)cc1N(C)C=O. The third-order valence-electron chi connectivity index (χ3n) is 5.25. The third kappa shape index (κ3) is 6.33. The fourth-order valence-corrected chi connectivity index (χ4v) is 3.33. The van der Waals surface area contributed by atoms with E-state index in [1.165, 1.54) is 4.90 Å². The number of rotatable bonds is 8. The number of piperidine rings is 1. The van der Waals surface area contributed by atoms with Crippen LogP contribution >= 0.6 is 0 Å². The molecule has 2 amide bonds. The summed E-state index contributed by atoms with van der Waals surface area (Å²) in [6, 6.07) is 5.17. The van der Waals surface area contributed by atoms with Crippen molar-refractivity contribution in [2.24, 2.45) is 5.92 Å². The molecule has 1 unspecified atom stereocenters. The lowest BCUT2D eigenvalue weighted by Gasteiger charge is -2.29. The summed E-state index contributed by atoms with van der Waals surface area (Å²) >= 11 is 0. The highest BCUT2D eigenvalue weighted by Gasteiger charge is 2.20. The molecule has 2 N–H and O–H groups in total. The van der Waals surface area contributed by atoms with Crippen molar-refractivity contribution in [1.82, 2.24) is 10.6 Å². The van der Waals surface area contributed by atoms with Crippen molar-refractivity contribution >= 4 is 30.0 Å². The minimum absolute atomic E-state index is 0.112. The first-order valence-corrected chi connectivity index (χ1v) is 9.93. The Morgan fingerprint density at radius 1 is 1.28 bits per heavy atom. The fraction of sp³-hybridized carbons (Fsp3) is 0.500. The molecule has 0 spiro atoms. The topological polar surface area (TPSA) is 81.8 Å². The second kappa shape index (κ2) is 11.2. The maximum absolute atomic E-state index is 11.6. The number of amides is 2. The van der Waals surface area contributed by atoms with Gasteiger partial charge in [0.1, 0.15) is 6.29 Å². The van der Waals surface area contributed by atoms with Crippen LogP contribution in [-0.4, -0.2) is 58.9 Å². The van der Waals surface area contributed by atoms with Crippen molar-refractivity contribution in [2.75, 3.05) is 44.0 Å². The summed E-state index contributed by atoms with van der Waals surface area (Å²) in [6.45, 7) is 1.98. The zero-order valence-corrected chi connectivity index (χ0v) is 17.4. The van der Waals surface area contributed by atoms with Crippen LogP contribution in [0.5, 0.6) is 0 Å². The second-order valence-electron chi connectivity index (χ2n) is 7.24. The number of carbonyl (C=O) groups is 3. The molecule has 1 saturated heterocycles. The largest absolute Gasteiger partial charge is 0.363 e. The van der Waals surface area contributed by atoms with E-state index in [2.05, 4.69) is 22.5 Å². The molecule has 0 aromatic heterocycles. The van der Waals surface area contributed by atoms with Gasteiger partial charge in [0.25, 0.3) is 0 Å². The van der Waals surface area contributed by atoms with E-state index in [1.807, 2.05) is 18.2 Å². The Morgan fingerprint density at radius 3 is 2.62 bits per heavy atom. The number of nitrogens with one attached hydrogen (secondary N) is 2. The zero-order valence-electron chi connectivity index (χ0n) is 17.4. The minimum atomic E-state index is -0.474. The molecule has 1 aliphatic rings. The van der Waals surface area contributed by atoms with E-state index in [1.54, 1.807) is 26.0 Å². The molecule has 0 saturated carbocycles. The Morgan fingerprint density at radius 2 is 2.00 bits per heavy atom. The molecule has 1 heterocycles. The van der Waals surface area contributed by atoms with Gasteiger partial charge in [-0.1, -0.05) is 11.8 Å². The summed E-state index contributed by atoms with van der Waals surface area (Å²) in [5, 5.41) is 5.89. The Hall–Kier alpha value is -2.85. The molecule has 0 aliphatic carbocycles. The van der Waals surface area contributed by atoms with Crippen LogP contribution in [-0.2, 0) is 14.4 Å². The first-order valence-electron chi connectivity index (χ1n) is 9.93. The van der Waals surface area contributed by atoms with Gasteiger partial charge in [-0.25, -0.2) is 0 Å². The number of hydrogen-bond donors (Lipinski definition) is 2. The quantitative estimate of drug-likeness (QED) is 0.507. The first kappa shape index (κ1) is 22.4. The number of carbonyl (C=O) groups excluding carboxylic acids is 3. The van der Waals surface area contributed by atoms with Crippen LogP contribution in [0.3, 0.4) is 0 Å². The van der Waals surface area contributed by atoms with Gasteiger partial charge in [0.2, 0.25) is 12.3 Å². The van der Waals surface area contributed by atoms with Gasteiger partial charge < -0.3 is 25.2 Å². The second-order valence-corrected chi connectivity index (χ2v) is 7.24. The van der Waals surface area contributed by atoms with Crippen LogP contribution in [0.4, 0.5) is 11.4 Å². The Balaban J connectivity index is 2.25. The monoisotopic (exact) mass is 398 g/mol. The smallest absolute Gasteiger partial charge is 0.219 e. The van der Waals surface area contributed by atoms with Crippen molar-refractivity contribution < 1.29 is 14.4 Å². The lowest BCUT2D eigenvalue weighted by atomic mass is 9.98. The highest BCUT2D eigenvalue weighted by Crippen LogP contribution is 2.30. The first-order chi connectivity index (χ1) is 14.0. The summed E-state index contributed by atoms with van der Waals surface area (Å²) in [5.41, 5.74) is 2.24. The standard InChI is InChI=1S/C22H30N4O3/c1-23-22(29)9-7-19(15-27)26(3)20-8-6-18(14-21(20)25(2)16-28)5-4-17-10-12-24-13-11-17/h6,8,14-17,19,24H,7,9-13H2,1-3H3,(H,23,29). The summed E-state index contributed by atoms with van der Waals surface area (Å²) in [7, 11) is 5.04. The van der Waals surface area contributed by atoms with Crippen molar-refractivity contribution in [3.63, 3.8) is 0 Å². The lowest BCUT2D eigenvalue weighted by molar-refractivity contribution is -0.120. The molecular formula is C22H30N4O3. The molecule has 29 heavy (non-hydrogen) atoms. The molecule has 1 aliphatic heterocycles. The average Bonchev–Trinajstić information content (AvgIpc) is 2.77. The van der Waals surface area contributed by atoms with E-state index in [9.17, 15) is 14.4 Å². The van der Waals surface area contributed by atoms with Gasteiger partial charge in [0, 0.05) is 39.0 Å². The summed E-state index contributed by atoms with van der Waals surface area (Å²) in [4.78, 5) is 37.9. The summed E-state index contributed by atoms with van der Waals surface area (Å²) < 4.78 is 0. The van der Waals surface area contributed by atoms with Crippen LogP contribution in [0.25, 0.3) is 0 Å². The third-order valence-corrected chi connectivity index (χ3v) is 5.25. The van der Waals surface area contributed by atoms with Crippen LogP contribution in [0.1, 0.15) is 31.2 Å². The zero-order chi connectivity index (χ0) is 21.2. The lowest BCUT2D eigenvalue weighted by Crippen LogP contribution is -2.35. The molecular weight excluding hydrogens is 368 g/mol. The van der Waals surface area contributed by atoms with E-state index in [0.29, 0.717) is 18.0 Å². The van der Waals surface area contributed by atoms with E-state index < -0.39 is 6.04 Å². The van der Waals surface area contributed by atoms with Crippen LogP contribution in [0.15, 0.2) is 18.2 Å². The van der Waals surface area contributed by atoms with Crippen molar-refractivity contribution in [3.8, 4) is 11.8 Å². The Bertz CT molecular complexity index is 778. The normalized spacial score (nSPS) is 14.9. The molecule has 1 aromatic rings. The maximum Gasteiger partial charge on any atom is 0.219 e. The predicted octanol–water partition coefficient (Wildman–Crippen LogP) is 1.16. The van der Waals surface area contributed by atoms with Gasteiger partial charge >= 0.3 is 0 Å². The molecule has 7 nitrogen and oxygen atoms in total. The van der Waals surface area contributed by atoms with E-state index in [0.717, 1.165) is 49.9 Å². The van der Waals surface area contributed by atoms with Crippen molar-refractivity contribution in [1.29, 1.82) is 0 Å². The molecule has 156 valence electrons. The van der Waals surface area contributed by atoms with Gasteiger partial charge in [0.15, 0.2) is 0 Å². The molecule has 2 rings (SSSR count). The van der Waals surface area contributed by atoms with E-state index in [-0.39, 0.29) is 12.3 Å². The number of likely N-dealkylation sites (N-methyl/N-ethyl adjacent to an activating group) is 1. The Labute approximate surface area is 172 Å². The number of hydrogen-bond acceptors (Lipinski definition) is 5. The van der Waals surface area contributed by atoms with Gasteiger partial charge in [-0.05, 0) is 50.6 Å². The minimum Gasteiger partial charge on any atom is -0.363 e. The van der Waals surface area contributed by atoms with Crippen molar-refractivity contribution in [3.05, 3.63) is 23.8 Å². The highest BCUT2D eigenvalue weighted by atomic mass is 16.1. The van der Waals surface area contributed by atoms with Crippen LogP contribution in [0.2, 0.25) is 0 Å². The van der Waals surface area contributed by atoms with Gasteiger partial charge in [-0.2, -0.15) is 0 Å². The number of benzene rings is 1. The molecule has 1 atom stereocenters. The highest BCUT2D eigenvalue weighted by molar-refractivity contribution is 5.86. The average molecular weight is 399 g/mol.